The lowest BCUT2D eigenvalue weighted by molar-refractivity contribution is -0.160. The summed E-state index contributed by atoms with van der Waals surface area (Å²) >= 11 is 0. The highest BCUT2D eigenvalue weighted by Gasteiger charge is 2.16. The Kier molecular flexibility index (Phi) is 34.1. The molecule has 0 aliphatic heterocycles. The van der Waals surface area contributed by atoms with Crippen molar-refractivity contribution >= 4 is 17.6 Å². The van der Waals surface area contributed by atoms with Gasteiger partial charge in [-0.3, -0.25) is 0 Å². The number of carbonyl (C=O) groups is 2. The topological polar surface area (TPSA) is 166 Å². The van der Waals surface area contributed by atoms with E-state index in [2.05, 4.69) is 12.2 Å². The van der Waals surface area contributed by atoms with Crippen molar-refractivity contribution in [2.75, 3.05) is 164 Å². The minimum Gasteiger partial charge on any atom is -0.460 e. The number of hydrogen-bond donors (Lipinski definition) is 1. The molecule has 1 aromatic rings. The van der Waals surface area contributed by atoms with E-state index in [1.807, 2.05) is 32.9 Å². The number of benzene rings is 1. The molecule has 1 N–H and O–H groups in total. The summed E-state index contributed by atoms with van der Waals surface area (Å²) in [7, 11) is 0. The van der Waals surface area contributed by atoms with Gasteiger partial charge in [-0.25, -0.2) is 9.59 Å². The minimum atomic E-state index is -0.517. The molecule has 0 aliphatic carbocycles. The van der Waals surface area contributed by atoms with E-state index in [1.54, 1.807) is 12.1 Å². The van der Waals surface area contributed by atoms with Gasteiger partial charge in [0.1, 0.15) is 18.8 Å². The number of hydrogen-bond acceptors (Lipinski definition) is 16. The first kappa shape index (κ1) is 50.5. The molecule has 0 fully saturated rings. The van der Waals surface area contributed by atoms with E-state index in [0.717, 1.165) is 25.1 Å². The zero-order valence-corrected chi connectivity index (χ0v) is 33.8. The number of anilines is 1. The molecule has 0 amide bonds. The van der Waals surface area contributed by atoms with Crippen LogP contribution >= 0.6 is 0 Å². The molecule has 0 saturated carbocycles. The lowest BCUT2D eigenvalue weighted by Gasteiger charge is -2.19. The third-order valence-corrected chi connectivity index (χ3v) is 6.80. The van der Waals surface area contributed by atoms with E-state index in [1.165, 1.54) is 0 Å². The van der Waals surface area contributed by atoms with Crippen molar-refractivity contribution in [3.05, 3.63) is 29.8 Å². The van der Waals surface area contributed by atoms with Crippen LogP contribution in [0.1, 0.15) is 50.9 Å². The van der Waals surface area contributed by atoms with E-state index >= 15 is 0 Å². The standard InChI is InChI=1S/C39H69NO15/c1-5-6-11-40-36-9-7-35(8-10-36)38(42)54-33-32-52-29-28-50-25-24-48-21-20-46-17-16-44-13-12-43-14-15-45-18-19-47-22-23-49-26-27-51-30-31-53-34-37(41)55-39(2,3)4/h7-10,40H,5-6,11-34H2,1-4H3. The molecule has 0 radical (unpaired) electrons. The maximum Gasteiger partial charge on any atom is 0.338 e. The van der Waals surface area contributed by atoms with Gasteiger partial charge in [0, 0.05) is 12.2 Å². The van der Waals surface area contributed by atoms with E-state index in [-0.39, 0.29) is 19.2 Å². The highest BCUT2D eigenvalue weighted by Crippen LogP contribution is 2.11. The van der Waals surface area contributed by atoms with Crippen LogP contribution in [-0.2, 0) is 66.4 Å². The highest BCUT2D eigenvalue weighted by molar-refractivity contribution is 5.89. The van der Waals surface area contributed by atoms with Crippen molar-refractivity contribution in [1.82, 2.24) is 0 Å². The second-order valence-electron chi connectivity index (χ2n) is 12.8. The molecule has 16 heteroatoms. The minimum absolute atomic E-state index is 0.0885. The molecule has 0 bridgehead atoms. The Hall–Kier alpha value is -2.48. The molecule has 16 nitrogen and oxygen atoms in total. The number of rotatable bonds is 40. The summed E-state index contributed by atoms with van der Waals surface area (Å²) in [5.41, 5.74) is 0.989. The van der Waals surface area contributed by atoms with Crippen LogP contribution in [0.25, 0.3) is 0 Å². The number of carbonyl (C=O) groups excluding carboxylic acids is 2. The molecule has 0 aliphatic rings. The molecular weight excluding hydrogens is 722 g/mol. The number of unbranched alkanes of at least 4 members (excludes halogenated alkanes) is 1. The predicted molar refractivity (Wildman–Crippen MR) is 205 cm³/mol. The largest absolute Gasteiger partial charge is 0.460 e. The van der Waals surface area contributed by atoms with Gasteiger partial charge in [-0.15, -0.1) is 0 Å². The van der Waals surface area contributed by atoms with Gasteiger partial charge >= 0.3 is 11.9 Å². The van der Waals surface area contributed by atoms with Crippen molar-refractivity contribution < 1.29 is 71.2 Å². The van der Waals surface area contributed by atoms with Crippen LogP contribution in [0.4, 0.5) is 5.69 Å². The Balaban J connectivity index is 1.69. The Morgan fingerprint density at radius 1 is 0.491 bits per heavy atom. The molecule has 55 heavy (non-hydrogen) atoms. The fourth-order valence-corrected chi connectivity index (χ4v) is 4.14. The second-order valence-corrected chi connectivity index (χ2v) is 12.8. The van der Waals surface area contributed by atoms with Crippen molar-refractivity contribution in [1.29, 1.82) is 0 Å². The van der Waals surface area contributed by atoms with Gasteiger partial charge in [-0.1, -0.05) is 13.3 Å². The quantitative estimate of drug-likeness (QED) is 0.0757. The first-order valence-corrected chi connectivity index (χ1v) is 19.4. The maximum absolute atomic E-state index is 12.1. The molecule has 1 rings (SSSR count). The summed E-state index contributed by atoms with van der Waals surface area (Å²) in [4.78, 5) is 23.7. The van der Waals surface area contributed by atoms with E-state index < -0.39 is 11.6 Å². The SMILES string of the molecule is CCCCNc1ccc(C(=O)OCCOCCOCCOCCOCCOCCOCCOCCOCCOCCOCCOCC(=O)OC(C)(C)C)cc1. The third-order valence-electron chi connectivity index (χ3n) is 6.80. The van der Waals surface area contributed by atoms with Crippen LogP contribution < -0.4 is 5.32 Å². The lowest BCUT2D eigenvalue weighted by Crippen LogP contribution is -2.27. The Bertz CT molecular complexity index is 1010. The fraction of sp³-hybridized carbons (Fsp3) is 0.795. The summed E-state index contributed by atoms with van der Waals surface area (Å²) in [6.45, 7) is 17.9. The maximum atomic E-state index is 12.1. The lowest BCUT2D eigenvalue weighted by atomic mass is 10.2. The Morgan fingerprint density at radius 3 is 1.15 bits per heavy atom. The van der Waals surface area contributed by atoms with Crippen molar-refractivity contribution in [2.24, 2.45) is 0 Å². The first-order chi connectivity index (χ1) is 26.8. The molecule has 0 atom stereocenters. The predicted octanol–water partition coefficient (Wildman–Crippen LogP) is 3.58. The molecule has 320 valence electrons. The number of ether oxygens (including phenoxy) is 13. The Morgan fingerprint density at radius 2 is 0.818 bits per heavy atom. The first-order valence-electron chi connectivity index (χ1n) is 19.4. The van der Waals surface area contributed by atoms with Gasteiger partial charge in [0.05, 0.1) is 144 Å². The average Bonchev–Trinajstić information content (AvgIpc) is 3.16. The normalized spacial score (nSPS) is 11.6. The van der Waals surface area contributed by atoms with Gasteiger partial charge in [0.2, 0.25) is 0 Å². The van der Waals surface area contributed by atoms with Gasteiger partial charge in [-0.05, 0) is 51.5 Å². The monoisotopic (exact) mass is 791 g/mol. The summed E-state index contributed by atoms with van der Waals surface area (Å²) in [5.74, 6) is -0.757. The number of esters is 2. The van der Waals surface area contributed by atoms with Crippen LogP contribution in [-0.4, -0.2) is 176 Å². The van der Waals surface area contributed by atoms with Crippen LogP contribution in [0.5, 0.6) is 0 Å². The van der Waals surface area contributed by atoms with Crippen LogP contribution in [0.3, 0.4) is 0 Å². The molecular formula is C39H69NO15. The fourth-order valence-electron chi connectivity index (χ4n) is 4.14. The third kappa shape index (κ3) is 35.7. The molecule has 0 unspecified atom stereocenters. The van der Waals surface area contributed by atoms with Gasteiger partial charge in [0.25, 0.3) is 0 Å². The van der Waals surface area contributed by atoms with Gasteiger partial charge < -0.3 is 66.9 Å². The summed E-state index contributed by atoms with van der Waals surface area (Å²) < 4.78 is 70.3. The molecule has 1 aromatic carbocycles. The van der Waals surface area contributed by atoms with Crippen LogP contribution in [0.15, 0.2) is 24.3 Å². The average molecular weight is 792 g/mol. The summed E-state index contributed by atoms with van der Waals surface area (Å²) in [6, 6.07) is 7.28. The molecule has 0 spiro atoms. The second kappa shape index (κ2) is 37.1. The highest BCUT2D eigenvalue weighted by atomic mass is 16.6. The summed E-state index contributed by atoms with van der Waals surface area (Å²) in [5, 5.41) is 3.32. The molecule has 0 saturated heterocycles. The number of nitrogens with one attached hydrogen (secondary N) is 1. The smallest absolute Gasteiger partial charge is 0.338 e. The van der Waals surface area contributed by atoms with E-state index in [0.29, 0.717) is 144 Å². The Labute approximate surface area is 328 Å². The van der Waals surface area contributed by atoms with E-state index in [9.17, 15) is 9.59 Å². The summed E-state index contributed by atoms with van der Waals surface area (Å²) in [6.07, 6.45) is 2.24. The van der Waals surface area contributed by atoms with Crippen molar-refractivity contribution in [3.63, 3.8) is 0 Å². The van der Waals surface area contributed by atoms with Crippen molar-refractivity contribution in [2.45, 2.75) is 46.1 Å². The zero-order valence-electron chi connectivity index (χ0n) is 33.8. The van der Waals surface area contributed by atoms with Crippen molar-refractivity contribution in [3.8, 4) is 0 Å². The van der Waals surface area contributed by atoms with Gasteiger partial charge in [0.15, 0.2) is 0 Å². The van der Waals surface area contributed by atoms with Crippen LogP contribution in [0.2, 0.25) is 0 Å². The zero-order chi connectivity index (χ0) is 39.9. The molecule has 0 aromatic heterocycles. The van der Waals surface area contributed by atoms with Gasteiger partial charge in [-0.2, -0.15) is 0 Å². The molecule has 0 heterocycles. The van der Waals surface area contributed by atoms with Crippen LogP contribution in [0, 0.1) is 0 Å². The van der Waals surface area contributed by atoms with E-state index in [4.69, 9.17) is 61.6 Å².